The van der Waals surface area contributed by atoms with Gasteiger partial charge in [-0.1, -0.05) is 23.2 Å². The van der Waals surface area contributed by atoms with Gasteiger partial charge in [0.15, 0.2) is 5.75 Å². The SMILES string of the molecule is COc1cc(/C=C2\SC(=O)N(CC(N)=O)C2=O)cc(Cl)c1OS(=O)(=O)c1ccc(Cl)cc1. The number of rotatable bonds is 7. The molecule has 168 valence electrons. The molecular weight excluding hydrogens is 503 g/mol. The Balaban J connectivity index is 1.93. The zero-order chi connectivity index (χ0) is 23.6. The van der Waals surface area contributed by atoms with Crippen LogP contribution in [0.2, 0.25) is 10.0 Å². The summed E-state index contributed by atoms with van der Waals surface area (Å²) in [5, 5.41) is -0.416. The lowest BCUT2D eigenvalue weighted by atomic mass is 10.2. The van der Waals surface area contributed by atoms with Crippen LogP contribution < -0.4 is 14.7 Å². The molecule has 1 saturated heterocycles. The second kappa shape index (κ2) is 9.41. The number of carbonyl (C=O) groups excluding carboxylic acids is 3. The number of ether oxygens (including phenoxy) is 1. The quantitative estimate of drug-likeness (QED) is 0.437. The number of halogens is 2. The van der Waals surface area contributed by atoms with Crippen LogP contribution in [0, 0.1) is 0 Å². The summed E-state index contributed by atoms with van der Waals surface area (Å²) in [7, 11) is -2.97. The van der Waals surface area contributed by atoms with E-state index in [2.05, 4.69) is 0 Å². The van der Waals surface area contributed by atoms with E-state index in [0.29, 0.717) is 27.2 Å². The summed E-state index contributed by atoms with van der Waals surface area (Å²) in [5.41, 5.74) is 5.38. The fourth-order valence-electron chi connectivity index (χ4n) is 2.61. The van der Waals surface area contributed by atoms with Crippen molar-refractivity contribution in [1.29, 1.82) is 0 Å². The lowest BCUT2D eigenvalue weighted by molar-refractivity contribution is -0.127. The van der Waals surface area contributed by atoms with E-state index < -0.39 is 33.7 Å². The van der Waals surface area contributed by atoms with Crippen molar-refractivity contribution in [2.75, 3.05) is 13.7 Å². The lowest BCUT2D eigenvalue weighted by Crippen LogP contribution is -2.36. The Morgan fingerprint density at radius 2 is 1.84 bits per heavy atom. The number of primary amides is 1. The predicted octanol–water partition coefficient (Wildman–Crippen LogP) is 3.29. The maximum atomic E-state index is 12.6. The molecule has 0 spiro atoms. The molecule has 2 aromatic carbocycles. The van der Waals surface area contributed by atoms with Gasteiger partial charge in [0.25, 0.3) is 11.1 Å². The normalized spacial score (nSPS) is 15.3. The van der Waals surface area contributed by atoms with Crippen molar-refractivity contribution in [3.8, 4) is 11.5 Å². The van der Waals surface area contributed by atoms with Gasteiger partial charge in [-0.05, 0) is 59.8 Å². The lowest BCUT2D eigenvalue weighted by Gasteiger charge is -2.13. The number of imide groups is 1. The van der Waals surface area contributed by atoms with Gasteiger partial charge in [-0.3, -0.25) is 19.3 Å². The summed E-state index contributed by atoms with van der Waals surface area (Å²) in [5.74, 6) is -1.82. The molecule has 2 aromatic rings. The summed E-state index contributed by atoms with van der Waals surface area (Å²) < 4.78 is 35.5. The first-order valence-electron chi connectivity index (χ1n) is 8.63. The monoisotopic (exact) mass is 516 g/mol. The summed E-state index contributed by atoms with van der Waals surface area (Å²) >= 11 is 12.6. The maximum absolute atomic E-state index is 12.6. The number of hydrogen-bond donors (Lipinski definition) is 1. The van der Waals surface area contributed by atoms with Gasteiger partial charge in [0.2, 0.25) is 11.7 Å². The van der Waals surface area contributed by atoms with E-state index in [1.54, 1.807) is 0 Å². The zero-order valence-electron chi connectivity index (χ0n) is 16.2. The van der Waals surface area contributed by atoms with Gasteiger partial charge in [0, 0.05) is 5.02 Å². The van der Waals surface area contributed by atoms with Crippen molar-refractivity contribution < 1.29 is 31.7 Å². The third kappa shape index (κ3) is 5.18. The minimum Gasteiger partial charge on any atom is -0.493 e. The molecule has 13 heteroatoms. The largest absolute Gasteiger partial charge is 0.493 e. The molecule has 0 radical (unpaired) electrons. The van der Waals surface area contributed by atoms with Crippen molar-refractivity contribution >= 4 is 68.2 Å². The van der Waals surface area contributed by atoms with E-state index in [0.717, 1.165) is 0 Å². The Bertz CT molecular complexity index is 1250. The molecule has 0 aliphatic carbocycles. The number of nitrogens with two attached hydrogens (primary N) is 1. The molecule has 1 aliphatic heterocycles. The van der Waals surface area contributed by atoms with Gasteiger partial charge >= 0.3 is 10.1 Å². The Morgan fingerprint density at radius 3 is 2.44 bits per heavy atom. The van der Waals surface area contributed by atoms with E-state index in [1.807, 2.05) is 0 Å². The van der Waals surface area contributed by atoms with E-state index in [4.69, 9.17) is 37.9 Å². The fraction of sp³-hybridized carbons (Fsp3) is 0.105. The van der Waals surface area contributed by atoms with E-state index in [9.17, 15) is 22.8 Å². The minimum absolute atomic E-state index is 0.0248. The molecule has 1 heterocycles. The van der Waals surface area contributed by atoms with Gasteiger partial charge in [-0.25, -0.2) is 0 Å². The number of nitrogens with zero attached hydrogens (tertiary/aromatic N) is 1. The number of hydrogen-bond acceptors (Lipinski definition) is 8. The van der Waals surface area contributed by atoms with Crippen LogP contribution in [-0.2, 0) is 19.7 Å². The summed E-state index contributed by atoms with van der Waals surface area (Å²) in [6.07, 6.45) is 1.35. The molecule has 2 N–H and O–H groups in total. The van der Waals surface area contributed by atoms with Crippen molar-refractivity contribution in [2.45, 2.75) is 4.90 Å². The first-order valence-corrected chi connectivity index (χ1v) is 11.6. The topological polar surface area (TPSA) is 133 Å². The Morgan fingerprint density at radius 1 is 1.19 bits per heavy atom. The van der Waals surface area contributed by atoms with Crippen molar-refractivity contribution in [2.24, 2.45) is 5.73 Å². The number of carbonyl (C=O) groups is 3. The van der Waals surface area contributed by atoms with Crippen LogP contribution in [0.15, 0.2) is 46.2 Å². The van der Waals surface area contributed by atoms with Crippen LogP contribution >= 0.6 is 35.0 Å². The molecule has 0 unspecified atom stereocenters. The van der Waals surface area contributed by atoms with Crippen LogP contribution in [-0.4, -0.2) is 44.0 Å². The van der Waals surface area contributed by atoms with Crippen LogP contribution in [0.5, 0.6) is 11.5 Å². The predicted molar refractivity (Wildman–Crippen MR) is 119 cm³/mol. The maximum Gasteiger partial charge on any atom is 0.339 e. The average molecular weight is 517 g/mol. The first kappa shape index (κ1) is 23.9. The summed E-state index contributed by atoms with van der Waals surface area (Å²) in [6, 6.07) is 8.04. The number of amides is 3. The molecular formula is C19H14Cl2N2O7S2. The number of methoxy groups -OCH3 is 1. The number of benzene rings is 2. The van der Waals surface area contributed by atoms with E-state index in [1.165, 1.54) is 49.6 Å². The number of thioether (sulfide) groups is 1. The van der Waals surface area contributed by atoms with Gasteiger partial charge in [0.05, 0.1) is 17.0 Å². The van der Waals surface area contributed by atoms with Gasteiger partial charge in [-0.15, -0.1) is 0 Å². The smallest absolute Gasteiger partial charge is 0.339 e. The van der Waals surface area contributed by atoms with E-state index >= 15 is 0 Å². The Kier molecular flexibility index (Phi) is 7.03. The molecule has 0 aromatic heterocycles. The summed E-state index contributed by atoms with van der Waals surface area (Å²) in [4.78, 5) is 36.0. The van der Waals surface area contributed by atoms with Crippen molar-refractivity contribution in [1.82, 2.24) is 4.90 Å². The fourth-order valence-corrected chi connectivity index (χ4v) is 4.83. The molecule has 0 saturated carbocycles. The van der Waals surface area contributed by atoms with Crippen LogP contribution in [0.4, 0.5) is 4.79 Å². The van der Waals surface area contributed by atoms with E-state index in [-0.39, 0.29) is 26.3 Å². The first-order chi connectivity index (χ1) is 15.0. The van der Waals surface area contributed by atoms with Gasteiger partial charge < -0.3 is 14.7 Å². The van der Waals surface area contributed by atoms with Crippen LogP contribution in [0.1, 0.15) is 5.56 Å². The highest BCUT2D eigenvalue weighted by molar-refractivity contribution is 8.18. The molecule has 32 heavy (non-hydrogen) atoms. The second-order valence-electron chi connectivity index (χ2n) is 6.26. The highest BCUT2D eigenvalue weighted by Crippen LogP contribution is 2.40. The van der Waals surface area contributed by atoms with Crippen LogP contribution in [0.3, 0.4) is 0 Å². The molecule has 0 bridgehead atoms. The average Bonchev–Trinajstić information content (AvgIpc) is 2.97. The molecule has 3 rings (SSSR count). The molecule has 0 atom stereocenters. The Labute approximate surface area is 197 Å². The van der Waals surface area contributed by atoms with Crippen molar-refractivity contribution in [3.63, 3.8) is 0 Å². The second-order valence-corrected chi connectivity index (χ2v) is 9.64. The zero-order valence-corrected chi connectivity index (χ0v) is 19.3. The third-order valence-corrected chi connectivity index (χ3v) is 6.71. The van der Waals surface area contributed by atoms with Gasteiger partial charge in [-0.2, -0.15) is 8.42 Å². The standard InChI is InChI=1S/C19H14Cl2N2O7S2/c1-29-14-7-10(8-15-18(25)23(9-16(22)24)19(26)31-15)6-13(21)17(14)30-32(27,28)12-4-2-11(20)3-5-12/h2-8H,9H2,1H3,(H2,22,24)/b15-8-. The minimum atomic E-state index is -4.25. The van der Waals surface area contributed by atoms with Crippen molar-refractivity contribution in [3.05, 3.63) is 56.9 Å². The molecule has 3 amide bonds. The van der Waals surface area contributed by atoms with Gasteiger partial charge in [0.1, 0.15) is 11.4 Å². The highest BCUT2D eigenvalue weighted by atomic mass is 35.5. The summed E-state index contributed by atoms with van der Waals surface area (Å²) in [6.45, 7) is -0.540. The van der Waals surface area contributed by atoms with Crippen LogP contribution in [0.25, 0.3) is 6.08 Å². The Hall–Kier alpha value is -2.73. The third-order valence-electron chi connectivity index (χ3n) is 4.03. The molecule has 9 nitrogen and oxygen atoms in total. The molecule has 1 fully saturated rings. The molecule has 1 aliphatic rings. The highest BCUT2D eigenvalue weighted by Gasteiger charge is 2.36.